The number of aliphatic hydroxyl groups excluding tert-OH is 1. The smallest absolute Gasteiger partial charge is 0.157 e. The summed E-state index contributed by atoms with van der Waals surface area (Å²) in [6, 6.07) is 0. The number of rotatable bonds is 8. The van der Waals surface area contributed by atoms with Gasteiger partial charge in [-0.2, -0.15) is 0 Å². The molecule has 4 nitrogen and oxygen atoms in total. The first-order valence-corrected chi connectivity index (χ1v) is 12.8. The number of hydrogen-bond acceptors (Lipinski definition) is 4. The number of sulfone groups is 1. The number of hydrogen-bond donors (Lipinski definition) is 2. The predicted molar refractivity (Wildman–Crippen MR) is 122 cm³/mol. The highest BCUT2D eigenvalue weighted by molar-refractivity contribution is 7.92. The van der Waals surface area contributed by atoms with Crippen LogP contribution >= 0.6 is 0 Å². The molecule has 1 heterocycles. The lowest BCUT2D eigenvalue weighted by atomic mass is 9.67. The zero-order valence-corrected chi connectivity index (χ0v) is 19.3. The van der Waals surface area contributed by atoms with Gasteiger partial charge >= 0.3 is 0 Å². The van der Waals surface area contributed by atoms with Gasteiger partial charge in [0, 0.05) is 17.0 Å². The van der Waals surface area contributed by atoms with E-state index >= 15 is 0 Å². The van der Waals surface area contributed by atoms with Gasteiger partial charge in [-0.05, 0) is 44.8 Å². The molecule has 0 bridgehead atoms. The maximum atomic E-state index is 13.6. The van der Waals surface area contributed by atoms with Crippen molar-refractivity contribution in [3.8, 4) is 0 Å². The van der Waals surface area contributed by atoms with Gasteiger partial charge < -0.3 is 10.8 Å². The molecule has 1 saturated heterocycles. The summed E-state index contributed by atoms with van der Waals surface area (Å²) in [4.78, 5) is 0. The van der Waals surface area contributed by atoms with Gasteiger partial charge in [0.25, 0.3) is 0 Å². The van der Waals surface area contributed by atoms with Crippen LogP contribution in [0.4, 0.5) is 0 Å². The third-order valence-electron chi connectivity index (χ3n) is 6.60. The molecule has 3 N–H and O–H groups in total. The van der Waals surface area contributed by atoms with Crippen molar-refractivity contribution < 1.29 is 13.5 Å². The van der Waals surface area contributed by atoms with Crippen LogP contribution < -0.4 is 5.73 Å². The van der Waals surface area contributed by atoms with E-state index in [2.05, 4.69) is 13.8 Å². The Balaban J connectivity index is 2.69. The summed E-state index contributed by atoms with van der Waals surface area (Å²) in [7, 11) is -3.41. The molecule has 0 aromatic carbocycles. The molecule has 1 fully saturated rings. The van der Waals surface area contributed by atoms with E-state index in [0.717, 1.165) is 49.7 Å². The zero-order valence-electron chi connectivity index (χ0n) is 18.5. The largest absolute Gasteiger partial charge is 0.399 e. The van der Waals surface area contributed by atoms with Crippen molar-refractivity contribution in [1.82, 2.24) is 0 Å². The van der Waals surface area contributed by atoms with Gasteiger partial charge in [0.1, 0.15) is 0 Å². The van der Waals surface area contributed by atoms with Crippen molar-refractivity contribution >= 4 is 9.84 Å². The summed E-state index contributed by atoms with van der Waals surface area (Å²) < 4.78 is 27.1. The Morgan fingerprint density at radius 1 is 1.28 bits per heavy atom. The molecule has 1 aliphatic heterocycles. The topological polar surface area (TPSA) is 80.4 Å². The maximum absolute atomic E-state index is 13.6. The maximum Gasteiger partial charge on any atom is 0.157 e. The Morgan fingerprint density at radius 3 is 2.45 bits per heavy atom. The third kappa shape index (κ3) is 5.24. The third-order valence-corrected chi connectivity index (χ3v) is 8.90. The summed E-state index contributed by atoms with van der Waals surface area (Å²) in [6.07, 6.45) is 14.5. The van der Waals surface area contributed by atoms with Gasteiger partial charge in [0.15, 0.2) is 9.84 Å². The standard InChI is InChI=1S/C24H39NO3S/c1-5-8-11-18(4)22-20-16-19(25)12-13-21(20)29(27,28)17-24(23(22)26,14-9-6-2)15-10-7-3/h5,8,11-12,16,21-23,26H,6-7,9-10,13-15,17,25H2,1-4H3/b8-5-,18-11+/t21?,22-,23-/m1/s1. The van der Waals surface area contributed by atoms with E-state index in [1.807, 2.05) is 44.2 Å². The molecule has 2 aliphatic rings. The van der Waals surface area contributed by atoms with Crippen LogP contribution in [0.2, 0.25) is 0 Å². The molecule has 1 aliphatic carbocycles. The Kier molecular flexibility index (Phi) is 8.36. The van der Waals surface area contributed by atoms with Gasteiger partial charge in [-0.1, -0.05) is 69.4 Å². The van der Waals surface area contributed by atoms with E-state index in [-0.39, 0.29) is 11.7 Å². The summed E-state index contributed by atoms with van der Waals surface area (Å²) >= 11 is 0. The van der Waals surface area contributed by atoms with Crippen molar-refractivity contribution in [3.05, 3.63) is 47.2 Å². The Hall–Kier alpha value is -1.33. The Bertz CT molecular complexity index is 781. The second-order valence-corrected chi connectivity index (χ2v) is 11.0. The lowest BCUT2D eigenvalue weighted by Gasteiger charge is -2.40. The fraction of sp³-hybridized carbons (Fsp3) is 0.667. The van der Waals surface area contributed by atoms with Crippen molar-refractivity contribution in [2.45, 2.75) is 84.0 Å². The number of aliphatic hydroxyl groups is 1. The van der Waals surface area contributed by atoms with Crippen LogP contribution in [0.3, 0.4) is 0 Å². The summed E-state index contributed by atoms with van der Waals surface area (Å²) in [5.74, 6) is -0.265. The highest BCUT2D eigenvalue weighted by atomic mass is 32.2. The molecular weight excluding hydrogens is 382 g/mol. The summed E-state index contributed by atoms with van der Waals surface area (Å²) in [6.45, 7) is 8.19. The molecule has 0 aromatic heterocycles. The minimum absolute atomic E-state index is 0.0598. The molecule has 0 spiro atoms. The van der Waals surface area contributed by atoms with Crippen LogP contribution in [0.5, 0.6) is 0 Å². The van der Waals surface area contributed by atoms with Gasteiger partial charge in [-0.3, -0.25) is 0 Å². The normalized spacial score (nSPS) is 29.1. The van der Waals surface area contributed by atoms with Gasteiger partial charge in [0.2, 0.25) is 0 Å². The number of unbranched alkanes of at least 4 members (excludes halogenated alkanes) is 2. The van der Waals surface area contributed by atoms with Crippen molar-refractivity contribution in [2.24, 2.45) is 17.1 Å². The second kappa shape index (κ2) is 10.1. The average Bonchev–Trinajstić information content (AvgIpc) is 2.74. The van der Waals surface area contributed by atoms with Crippen LogP contribution in [-0.2, 0) is 9.84 Å². The molecule has 5 heteroatoms. The van der Waals surface area contributed by atoms with E-state index in [9.17, 15) is 13.5 Å². The molecule has 0 saturated carbocycles. The molecule has 2 rings (SSSR count). The molecule has 3 atom stereocenters. The molecule has 164 valence electrons. The van der Waals surface area contributed by atoms with Gasteiger partial charge in [-0.25, -0.2) is 8.42 Å². The van der Waals surface area contributed by atoms with Crippen molar-refractivity contribution in [3.63, 3.8) is 0 Å². The number of fused-ring (bicyclic) bond motifs is 1. The summed E-state index contributed by atoms with van der Waals surface area (Å²) in [5, 5.41) is 11.2. The number of allylic oxidation sites excluding steroid dienone is 5. The highest BCUT2D eigenvalue weighted by Gasteiger charge is 2.52. The fourth-order valence-corrected chi connectivity index (χ4v) is 7.46. The molecule has 0 aromatic rings. The first-order valence-electron chi connectivity index (χ1n) is 11.1. The second-order valence-electron chi connectivity index (χ2n) is 8.81. The van der Waals surface area contributed by atoms with Crippen LogP contribution in [-0.4, -0.2) is 30.6 Å². The molecular formula is C24H39NO3S. The first kappa shape index (κ1) is 23.9. The van der Waals surface area contributed by atoms with E-state index in [1.54, 1.807) is 0 Å². The lowest BCUT2D eigenvalue weighted by molar-refractivity contribution is 0.00176. The quantitative estimate of drug-likeness (QED) is 0.551. The lowest BCUT2D eigenvalue weighted by Crippen LogP contribution is -2.44. The van der Waals surface area contributed by atoms with Crippen LogP contribution in [0, 0.1) is 11.3 Å². The fourth-order valence-electron chi connectivity index (χ4n) is 4.98. The van der Waals surface area contributed by atoms with Gasteiger partial charge in [-0.15, -0.1) is 0 Å². The Morgan fingerprint density at radius 2 is 1.90 bits per heavy atom. The minimum Gasteiger partial charge on any atom is -0.399 e. The highest BCUT2D eigenvalue weighted by Crippen LogP contribution is 2.49. The zero-order chi connectivity index (χ0) is 21.7. The van der Waals surface area contributed by atoms with E-state index in [0.29, 0.717) is 12.1 Å². The van der Waals surface area contributed by atoms with Crippen LogP contribution in [0.1, 0.15) is 72.6 Å². The Labute approximate surface area is 177 Å². The van der Waals surface area contributed by atoms with E-state index < -0.39 is 26.6 Å². The molecule has 1 unspecified atom stereocenters. The molecule has 0 radical (unpaired) electrons. The predicted octanol–water partition coefficient (Wildman–Crippen LogP) is 4.82. The van der Waals surface area contributed by atoms with E-state index in [4.69, 9.17) is 5.73 Å². The molecule has 29 heavy (non-hydrogen) atoms. The van der Waals surface area contributed by atoms with Crippen LogP contribution in [0.25, 0.3) is 0 Å². The van der Waals surface area contributed by atoms with Crippen molar-refractivity contribution in [1.29, 1.82) is 0 Å². The first-order chi connectivity index (χ1) is 13.7. The van der Waals surface area contributed by atoms with Crippen molar-refractivity contribution in [2.75, 3.05) is 5.75 Å². The average molecular weight is 422 g/mol. The monoisotopic (exact) mass is 421 g/mol. The summed E-state index contributed by atoms with van der Waals surface area (Å²) in [5.41, 5.74) is 7.83. The minimum atomic E-state index is -3.41. The van der Waals surface area contributed by atoms with E-state index in [1.165, 1.54) is 0 Å². The van der Waals surface area contributed by atoms with Crippen LogP contribution in [0.15, 0.2) is 47.2 Å². The van der Waals surface area contributed by atoms with Gasteiger partial charge in [0.05, 0.1) is 17.1 Å². The molecule has 0 amide bonds. The number of nitrogens with two attached hydrogens (primary N) is 1. The SMILES string of the molecule is C/C=C\C=C(/C)[C@@H]1C2=CC(N)=CCC2S(=O)(=O)CC(CCCC)(CCCC)[C@@H]1O.